The molecule has 3 heterocycles. The topological polar surface area (TPSA) is 86.3 Å². The van der Waals surface area contributed by atoms with Gasteiger partial charge in [0.2, 0.25) is 0 Å². The Morgan fingerprint density at radius 3 is 2.58 bits per heavy atom. The lowest BCUT2D eigenvalue weighted by atomic mass is 10.1. The van der Waals surface area contributed by atoms with Crippen LogP contribution in [0.3, 0.4) is 0 Å². The Balaban J connectivity index is 1.74. The number of carbonyl (C=O) groups is 1. The lowest BCUT2D eigenvalue weighted by molar-refractivity contribution is 0.0189. The van der Waals surface area contributed by atoms with Crippen LogP contribution in [0.2, 0.25) is 0 Å². The van der Waals surface area contributed by atoms with Gasteiger partial charge in [-0.25, -0.2) is 14.8 Å². The number of ether oxygens (including phenoxy) is 1. The van der Waals surface area contributed by atoms with Crippen molar-refractivity contribution in [2.24, 2.45) is 0 Å². The number of nitrogen functional groups attached to an aromatic ring is 1. The smallest absolute Gasteiger partial charge is 0.410 e. The molecule has 2 aromatic rings. The first-order chi connectivity index (χ1) is 11.3. The molecule has 2 N–H and O–H groups in total. The minimum Gasteiger partial charge on any atom is -0.444 e. The molecule has 1 aliphatic heterocycles. The average Bonchev–Trinajstić information content (AvgIpc) is 2.84. The molecule has 7 heteroatoms. The summed E-state index contributed by atoms with van der Waals surface area (Å²) in [6, 6.07) is 0.300. The molecule has 0 bridgehead atoms. The largest absolute Gasteiger partial charge is 0.444 e. The van der Waals surface area contributed by atoms with E-state index in [1.807, 2.05) is 27.7 Å². The predicted molar refractivity (Wildman–Crippen MR) is 92.8 cm³/mol. The highest BCUT2D eigenvalue weighted by atomic mass is 16.6. The van der Waals surface area contributed by atoms with Gasteiger partial charge in [0.15, 0.2) is 0 Å². The number of nitrogens with two attached hydrogens (primary N) is 1. The molecular formula is C17H25N5O2. The van der Waals surface area contributed by atoms with Crippen molar-refractivity contribution in [3.63, 3.8) is 0 Å². The third-order valence-electron chi connectivity index (χ3n) is 4.34. The fraction of sp³-hybridized carbons (Fsp3) is 0.588. The molecule has 0 atom stereocenters. The van der Waals surface area contributed by atoms with Crippen molar-refractivity contribution < 1.29 is 9.53 Å². The van der Waals surface area contributed by atoms with Crippen molar-refractivity contribution in [3.8, 4) is 0 Å². The number of nitrogens with zero attached hydrogens (tertiary/aromatic N) is 4. The summed E-state index contributed by atoms with van der Waals surface area (Å²) in [5.74, 6) is 0.516. The summed E-state index contributed by atoms with van der Waals surface area (Å²) in [6.07, 6.45) is 5.09. The van der Waals surface area contributed by atoms with E-state index in [0.717, 1.165) is 29.4 Å². The van der Waals surface area contributed by atoms with E-state index in [9.17, 15) is 4.79 Å². The molecule has 0 aliphatic carbocycles. The average molecular weight is 331 g/mol. The van der Waals surface area contributed by atoms with Crippen molar-refractivity contribution in [2.45, 2.75) is 52.2 Å². The molecule has 1 saturated heterocycles. The van der Waals surface area contributed by atoms with Gasteiger partial charge in [-0.1, -0.05) is 0 Å². The van der Waals surface area contributed by atoms with E-state index in [4.69, 9.17) is 10.5 Å². The third kappa shape index (κ3) is 3.16. The molecule has 0 saturated carbocycles. The minimum absolute atomic E-state index is 0.235. The second kappa shape index (κ2) is 5.96. The second-order valence-electron chi connectivity index (χ2n) is 7.38. The third-order valence-corrected chi connectivity index (χ3v) is 4.34. The zero-order valence-electron chi connectivity index (χ0n) is 14.7. The minimum atomic E-state index is -0.462. The van der Waals surface area contributed by atoms with E-state index in [-0.39, 0.29) is 6.09 Å². The van der Waals surface area contributed by atoms with Crippen LogP contribution in [0.25, 0.3) is 11.0 Å². The van der Waals surface area contributed by atoms with Crippen molar-refractivity contribution in [2.75, 3.05) is 18.8 Å². The predicted octanol–water partition coefficient (Wildman–Crippen LogP) is 2.89. The number of likely N-dealkylation sites (tertiary alicyclic amines) is 1. The molecule has 1 fully saturated rings. The van der Waals surface area contributed by atoms with Crippen molar-refractivity contribution in [3.05, 3.63) is 18.1 Å². The van der Waals surface area contributed by atoms with Gasteiger partial charge in [-0.15, -0.1) is 0 Å². The van der Waals surface area contributed by atoms with Gasteiger partial charge in [0.05, 0.1) is 5.39 Å². The summed E-state index contributed by atoms with van der Waals surface area (Å²) in [5, 5.41) is 0.923. The van der Waals surface area contributed by atoms with Crippen LogP contribution in [0.15, 0.2) is 12.5 Å². The Morgan fingerprint density at radius 2 is 1.96 bits per heavy atom. The van der Waals surface area contributed by atoms with Crippen LogP contribution in [0.1, 0.15) is 45.2 Å². The van der Waals surface area contributed by atoms with Crippen molar-refractivity contribution in [1.29, 1.82) is 0 Å². The van der Waals surface area contributed by atoms with Crippen molar-refractivity contribution >= 4 is 22.9 Å². The van der Waals surface area contributed by atoms with Crippen LogP contribution in [-0.4, -0.2) is 44.2 Å². The van der Waals surface area contributed by atoms with Crippen LogP contribution >= 0.6 is 0 Å². The van der Waals surface area contributed by atoms with Crippen molar-refractivity contribution in [1.82, 2.24) is 19.4 Å². The number of aryl methyl sites for hydroxylation is 1. The second-order valence-corrected chi connectivity index (χ2v) is 7.38. The van der Waals surface area contributed by atoms with Gasteiger partial charge in [0.25, 0.3) is 0 Å². The molecule has 1 amide bonds. The number of hydrogen-bond donors (Lipinski definition) is 1. The number of anilines is 1. The molecule has 0 spiro atoms. The molecule has 3 rings (SSSR count). The van der Waals surface area contributed by atoms with Crippen LogP contribution in [0.5, 0.6) is 0 Å². The first-order valence-electron chi connectivity index (χ1n) is 8.32. The molecule has 1 aliphatic rings. The molecule has 0 unspecified atom stereocenters. The Bertz CT molecular complexity index is 754. The summed E-state index contributed by atoms with van der Waals surface area (Å²) in [4.78, 5) is 22.4. The molecular weight excluding hydrogens is 306 g/mol. The Morgan fingerprint density at radius 1 is 1.29 bits per heavy atom. The maximum absolute atomic E-state index is 12.2. The molecule has 24 heavy (non-hydrogen) atoms. The van der Waals surface area contributed by atoms with Crippen LogP contribution in [-0.2, 0) is 4.74 Å². The van der Waals surface area contributed by atoms with E-state index in [1.165, 1.54) is 6.33 Å². The van der Waals surface area contributed by atoms with Gasteiger partial charge in [-0.05, 0) is 46.1 Å². The highest BCUT2D eigenvalue weighted by Gasteiger charge is 2.28. The summed E-state index contributed by atoms with van der Waals surface area (Å²) < 4.78 is 7.63. The standard InChI is InChI=1S/C17H25N5O2/c1-11-9-22(15-13(11)14(18)19-10-20-15)12-5-7-21(8-6-12)16(23)24-17(2,3)4/h9-10,12H,5-8H2,1-4H3,(H2,18,19,20). The molecule has 2 aromatic heterocycles. The molecule has 130 valence electrons. The summed E-state index contributed by atoms with van der Waals surface area (Å²) >= 11 is 0. The van der Waals surface area contributed by atoms with Gasteiger partial charge < -0.3 is 19.9 Å². The van der Waals surface area contributed by atoms with Gasteiger partial charge in [0.1, 0.15) is 23.4 Å². The lowest BCUT2D eigenvalue weighted by Gasteiger charge is -2.34. The van der Waals surface area contributed by atoms with Crippen LogP contribution < -0.4 is 5.73 Å². The zero-order chi connectivity index (χ0) is 17.5. The fourth-order valence-corrected chi connectivity index (χ4v) is 3.23. The highest BCUT2D eigenvalue weighted by Crippen LogP contribution is 2.31. The first-order valence-corrected chi connectivity index (χ1v) is 8.32. The summed E-state index contributed by atoms with van der Waals surface area (Å²) in [5.41, 5.74) is 7.48. The Labute approximate surface area is 141 Å². The van der Waals surface area contributed by atoms with Gasteiger partial charge in [0, 0.05) is 25.3 Å². The first kappa shape index (κ1) is 16.5. The fourth-order valence-electron chi connectivity index (χ4n) is 3.23. The van der Waals surface area contributed by atoms with E-state index in [0.29, 0.717) is 24.9 Å². The quantitative estimate of drug-likeness (QED) is 0.868. The maximum Gasteiger partial charge on any atom is 0.410 e. The van der Waals surface area contributed by atoms with Gasteiger partial charge in [-0.3, -0.25) is 0 Å². The Kier molecular flexibility index (Phi) is 4.11. The number of piperidine rings is 1. The molecule has 0 aromatic carbocycles. The van der Waals surface area contributed by atoms with Gasteiger partial charge >= 0.3 is 6.09 Å². The molecule has 7 nitrogen and oxygen atoms in total. The van der Waals surface area contributed by atoms with E-state index < -0.39 is 5.60 Å². The van der Waals surface area contributed by atoms with Gasteiger partial charge in [-0.2, -0.15) is 0 Å². The number of hydrogen-bond acceptors (Lipinski definition) is 5. The highest BCUT2D eigenvalue weighted by molar-refractivity contribution is 5.89. The van der Waals surface area contributed by atoms with E-state index in [1.54, 1.807) is 4.90 Å². The summed E-state index contributed by atoms with van der Waals surface area (Å²) in [6.45, 7) is 9.04. The van der Waals surface area contributed by atoms with E-state index in [2.05, 4.69) is 20.7 Å². The van der Waals surface area contributed by atoms with Crippen LogP contribution in [0, 0.1) is 6.92 Å². The zero-order valence-corrected chi connectivity index (χ0v) is 14.7. The number of amides is 1. The lowest BCUT2D eigenvalue weighted by Crippen LogP contribution is -2.42. The monoisotopic (exact) mass is 331 g/mol. The number of rotatable bonds is 1. The van der Waals surface area contributed by atoms with E-state index >= 15 is 0 Å². The summed E-state index contributed by atoms with van der Waals surface area (Å²) in [7, 11) is 0. The SMILES string of the molecule is Cc1cn(C2CCN(C(=O)OC(C)(C)C)CC2)c2ncnc(N)c12. The normalized spacial score (nSPS) is 16.6. The number of fused-ring (bicyclic) bond motifs is 1. The van der Waals surface area contributed by atoms with Crippen LogP contribution in [0.4, 0.5) is 10.6 Å². The Hall–Kier alpha value is -2.31. The maximum atomic E-state index is 12.2. The number of aromatic nitrogens is 3. The molecule has 0 radical (unpaired) electrons. The number of carbonyl (C=O) groups excluding carboxylic acids is 1.